The first kappa shape index (κ1) is 16.2. The van der Waals surface area contributed by atoms with Gasteiger partial charge in [-0.05, 0) is 31.2 Å². The van der Waals surface area contributed by atoms with Crippen LogP contribution in [0.15, 0.2) is 35.7 Å². The average molecular weight is 346 g/mol. The zero-order valence-corrected chi connectivity index (χ0v) is 13.6. The lowest BCUT2D eigenvalue weighted by atomic mass is 10.2. The molecule has 0 saturated heterocycles. The molecule has 0 spiro atoms. The molecule has 2 heterocycles. The number of nitrogens with zero attached hydrogens (tertiary/aromatic N) is 3. The van der Waals surface area contributed by atoms with Crippen molar-refractivity contribution in [2.75, 3.05) is 11.9 Å². The summed E-state index contributed by atoms with van der Waals surface area (Å²) in [6.45, 7) is 2.03. The summed E-state index contributed by atoms with van der Waals surface area (Å²) >= 11 is 1.22. The zero-order chi connectivity index (χ0) is 17.1. The number of rotatable bonds is 5. The number of fused-ring (bicyclic) bond motifs is 1. The van der Waals surface area contributed by atoms with E-state index in [1.807, 2.05) is 0 Å². The Kier molecular flexibility index (Phi) is 4.61. The summed E-state index contributed by atoms with van der Waals surface area (Å²) in [6, 6.07) is 6.37. The largest absolute Gasteiger partial charge is 0.462 e. The van der Waals surface area contributed by atoms with E-state index in [1.54, 1.807) is 31.2 Å². The van der Waals surface area contributed by atoms with Crippen LogP contribution in [0, 0.1) is 0 Å². The number of anilines is 1. The monoisotopic (exact) mass is 346 g/mol. The number of ether oxygens (including phenoxy) is 1. The molecule has 8 nitrogen and oxygen atoms in total. The van der Waals surface area contributed by atoms with Crippen LogP contribution >= 0.6 is 11.8 Å². The summed E-state index contributed by atoms with van der Waals surface area (Å²) in [6.07, 6.45) is 1.33. The minimum Gasteiger partial charge on any atom is -0.462 e. The molecule has 1 atom stereocenters. The molecular weight excluding hydrogens is 332 g/mol. The summed E-state index contributed by atoms with van der Waals surface area (Å²) in [7, 11) is 0. The molecule has 24 heavy (non-hydrogen) atoms. The van der Waals surface area contributed by atoms with Crippen LogP contribution in [0.2, 0.25) is 0 Å². The van der Waals surface area contributed by atoms with E-state index in [9.17, 15) is 14.4 Å². The summed E-state index contributed by atoms with van der Waals surface area (Å²) < 4.78 is 6.10. The van der Waals surface area contributed by atoms with Crippen molar-refractivity contribution >= 4 is 35.2 Å². The van der Waals surface area contributed by atoms with Crippen LogP contribution in [0.5, 0.6) is 0 Å². The Balaban J connectivity index is 1.57. The molecule has 1 aliphatic heterocycles. The molecule has 124 valence electrons. The van der Waals surface area contributed by atoms with Crippen molar-refractivity contribution in [2.45, 2.75) is 23.8 Å². The Labute approximate surface area is 141 Å². The molecule has 0 fully saturated rings. The Hall–Kier alpha value is -2.68. The van der Waals surface area contributed by atoms with Gasteiger partial charge in [-0.2, -0.15) is 9.78 Å². The molecule has 0 aliphatic carbocycles. The number of hydrogen-bond acceptors (Lipinski definition) is 7. The van der Waals surface area contributed by atoms with Crippen molar-refractivity contribution < 1.29 is 19.1 Å². The van der Waals surface area contributed by atoms with Gasteiger partial charge in [-0.1, -0.05) is 11.8 Å². The molecule has 1 N–H and O–H groups in total. The van der Waals surface area contributed by atoms with Crippen molar-refractivity contribution in [3.05, 3.63) is 36.2 Å². The second kappa shape index (κ2) is 6.83. The van der Waals surface area contributed by atoms with Crippen LogP contribution in [-0.4, -0.2) is 44.4 Å². The lowest BCUT2D eigenvalue weighted by molar-refractivity contribution is -0.116. The highest BCUT2D eigenvalue weighted by molar-refractivity contribution is 8.00. The van der Waals surface area contributed by atoms with Crippen molar-refractivity contribution in [1.82, 2.24) is 14.8 Å². The quantitative estimate of drug-likeness (QED) is 0.820. The zero-order valence-electron chi connectivity index (χ0n) is 12.8. The van der Waals surface area contributed by atoms with Gasteiger partial charge >= 0.3 is 5.97 Å². The van der Waals surface area contributed by atoms with Crippen LogP contribution < -0.4 is 5.32 Å². The Morgan fingerprint density at radius 3 is 2.75 bits per heavy atom. The van der Waals surface area contributed by atoms with Gasteiger partial charge in [-0.25, -0.2) is 9.78 Å². The number of nitrogens with one attached hydrogen (secondary N) is 1. The van der Waals surface area contributed by atoms with Crippen molar-refractivity contribution in [1.29, 1.82) is 0 Å². The molecule has 1 aromatic heterocycles. The first-order valence-corrected chi connectivity index (χ1v) is 8.14. The molecule has 0 unspecified atom stereocenters. The molecule has 0 saturated carbocycles. The fourth-order valence-electron chi connectivity index (χ4n) is 2.19. The molecule has 9 heteroatoms. The highest BCUT2D eigenvalue weighted by atomic mass is 32.2. The lowest BCUT2D eigenvalue weighted by Crippen LogP contribution is -2.24. The average Bonchev–Trinajstić information content (AvgIpc) is 3.12. The number of amides is 1. The van der Waals surface area contributed by atoms with Gasteiger partial charge in [0.05, 0.1) is 12.2 Å². The van der Waals surface area contributed by atoms with Crippen LogP contribution in [0.1, 0.15) is 28.5 Å². The number of thioether (sulfide) groups is 1. The molecular formula is C15H14N4O4S. The molecule has 0 bridgehead atoms. The summed E-state index contributed by atoms with van der Waals surface area (Å²) in [5.41, 5.74) is 0.951. The van der Waals surface area contributed by atoms with Crippen molar-refractivity contribution in [2.24, 2.45) is 0 Å². The van der Waals surface area contributed by atoms with Crippen LogP contribution in [0.3, 0.4) is 0 Å². The molecule has 0 radical (unpaired) electrons. The van der Waals surface area contributed by atoms with Gasteiger partial charge in [0.2, 0.25) is 5.91 Å². The maximum absolute atomic E-state index is 12.1. The summed E-state index contributed by atoms with van der Waals surface area (Å²) in [5.74, 6) is -0.957. The number of benzene rings is 1. The fourth-order valence-corrected chi connectivity index (χ4v) is 3.22. The van der Waals surface area contributed by atoms with Gasteiger partial charge in [0.1, 0.15) is 11.6 Å². The normalized spacial score (nSPS) is 15.9. The van der Waals surface area contributed by atoms with Crippen LogP contribution in [-0.2, 0) is 9.53 Å². The van der Waals surface area contributed by atoms with Gasteiger partial charge in [0.25, 0.3) is 5.91 Å². The molecule has 2 aromatic rings. The first-order chi connectivity index (χ1) is 11.6. The highest BCUT2D eigenvalue weighted by Gasteiger charge is 2.34. The topological polar surface area (TPSA) is 103 Å². The number of aromatic nitrogens is 3. The molecule has 1 aliphatic rings. The highest BCUT2D eigenvalue weighted by Crippen LogP contribution is 2.31. The van der Waals surface area contributed by atoms with E-state index in [-0.39, 0.29) is 18.2 Å². The van der Waals surface area contributed by atoms with Gasteiger partial charge in [0, 0.05) is 12.1 Å². The molecule has 1 amide bonds. The van der Waals surface area contributed by atoms with Gasteiger partial charge in [0.15, 0.2) is 5.16 Å². The Morgan fingerprint density at radius 2 is 2.08 bits per heavy atom. The second-order valence-corrected chi connectivity index (χ2v) is 6.12. The van der Waals surface area contributed by atoms with Crippen LogP contribution in [0.25, 0.3) is 0 Å². The number of hydrogen-bond donors (Lipinski definition) is 1. The van der Waals surface area contributed by atoms with Gasteiger partial charge in [-0.15, -0.1) is 0 Å². The Morgan fingerprint density at radius 1 is 1.33 bits per heavy atom. The van der Waals surface area contributed by atoms with E-state index in [0.717, 1.165) is 0 Å². The maximum Gasteiger partial charge on any atom is 0.338 e. The maximum atomic E-state index is 12.1. The number of carbonyl (C=O) groups is 3. The predicted octanol–water partition coefficient (Wildman–Crippen LogP) is 1.60. The van der Waals surface area contributed by atoms with E-state index >= 15 is 0 Å². The van der Waals surface area contributed by atoms with E-state index in [1.165, 1.54) is 22.8 Å². The van der Waals surface area contributed by atoms with Crippen LogP contribution in [0.4, 0.5) is 5.69 Å². The van der Waals surface area contributed by atoms with E-state index in [0.29, 0.717) is 23.0 Å². The lowest BCUT2D eigenvalue weighted by Gasteiger charge is -2.08. The SMILES string of the molecule is CCOC(=O)c1ccc(NC(=O)C[C@H]2Sc3ncnn3C2=O)cc1. The fraction of sp³-hybridized carbons (Fsp3) is 0.267. The number of esters is 1. The van der Waals surface area contributed by atoms with Gasteiger partial charge < -0.3 is 10.1 Å². The van der Waals surface area contributed by atoms with E-state index in [2.05, 4.69) is 15.4 Å². The minimum absolute atomic E-state index is 0.0220. The predicted molar refractivity (Wildman–Crippen MR) is 85.9 cm³/mol. The second-order valence-electron chi connectivity index (χ2n) is 4.95. The third-order valence-corrected chi connectivity index (χ3v) is 4.44. The smallest absolute Gasteiger partial charge is 0.338 e. The summed E-state index contributed by atoms with van der Waals surface area (Å²) in [5, 5.41) is 6.49. The standard InChI is InChI=1S/C15H14N4O4S/c1-2-23-14(22)9-3-5-10(6-4-9)18-12(20)7-11-13(21)19-15(24-11)16-8-17-19/h3-6,8,11H,2,7H2,1H3,(H,18,20)/t11-/m1/s1. The summed E-state index contributed by atoms with van der Waals surface area (Å²) in [4.78, 5) is 39.6. The van der Waals surface area contributed by atoms with E-state index in [4.69, 9.17) is 4.74 Å². The van der Waals surface area contributed by atoms with E-state index < -0.39 is 11.2 Å². The first-order valence-electron chi connectivity index (χ1n) is 7.26. The van der Waals surface area contributed by atoms with Gasteiger partial charge in [-0.3, -0.25) is 9.59 Å². The van der Waals surface area contributed by atoms with Crippen molar-refractivity contribution in [3.63, 3.8) is 0 Å². The minimum atomic E-state index is -0.528. The third kappa shape index (κ3) is 3.30. The Bertz CT molecular complexity index is 787. The number of carbonyl (C=O) groups excluding carboxylic acids is 3. The molecule has 3 rings (SSSR count). The molecule has 1 aromatic carbocycles. The third-order valence-electron chi connectivity index (χ3n) is 3.30. The van der Waals surface area contributed by atoms with Crippen molar-refractivity contribution in [3.8, 4) is 0 Å².